The van der Waals surface area contributed by atoms with Crippen LogP contribution in [0.15, 0.2) is 48.5 Å². The van der Waals surface area contributed by atoms with E-state index in [-0.39, 0.29) is 11.9 Å². The van der Waals surface area contributed by atoms with Crippen molar-refractivity contribution in [1.29, 1.82) is 0 Å². The lowest BCUT2D eigenvalue weighted by Crippen LogP contribution is -2.38. The number of piperidine rings is 1. The van der Waals surface area contributed by atoms with Gasteiger partial charge < -0.3 is 14.5 Å². The molecule has 0 bridgehead atoms. The van der Waals surface area contributed by atoms with Gasteiger partial charge in [-0.2, -0.15) is 0 Å². The second-order valence-electron chi connectivity index (χ2n) is 8.48. The highest BCUT2D eigenvalue weighted by Gasteiger charge is 2.38. The van der Waals surface area contributed by atoms with E-state index in [0.717, 1.165) is 37.5 Å². The van der Waals surface area contributed by atoms with Gasteiger partial charge in [0.15, 0.2) is 0 Å². The summed E-state index contributed by atoms with van der Waals surface area (Å²) in [4.78, 5) is 16.8. The minimum absolute atomic E-state index is 0.120. The van der Waals surface area contributed by atoms with E-state index < -0.39 is 0 Å². The first kappa shape index (κ1) is 20.0. The van der Waals surface area contributed by atoms with E-state index in [1.54, 1.807) is 14.0 Å². The number of carbonyl (C=O) groups excluding carboxylic acids is 1. The highest BCUT2D eigenvalue weighted by Crippen LogP contribution is 2.44. The zero-order valence-electron chi connectivity index (χ0n) is 17.8. The average Bonchev–Trinajstić information content (AvgIpc) is 3.03. The number of carbonyl (C=O) groups is 1. The van der Waals surface area contributed by atoms with Gasteiger partial charge in [-0.3, -0.25) is 4.79 Å². The van der Waals surface area contributed by atoms with E-state index in [0.29, 0.717) is 11.8 Å². The second-order valence-corrected chi connectivity index (χ2v) is 8.48. The molecular formula is C25H32N2O2. The Bertz CT molecular complexity index is 843. The number of benzene rings is 2. The van der Waals surface area contributed by atoms with Crippen LogP contribution in [-0.4, -0.2) is 43.6 Å². The van der Waals surface area contributed by atoms with Gasteiger partial charge in [0.25, 0.3) is 0 Å². The van der Waals surface area contributed by atoms with Gasteiger partial charge in [0.05, 0.1) is 7.11 Å². The molecule has 0 N–H and O–H groups in total. The maximum Gasteiger partial charge on any atom is 0.224 e. The van der Waals surface area contributed by atoms with Crippen LogP contribution in [0.2, 0.25) is 0 Å². The maximum atomic E-state index is 12.3. The Morgan fingerprint density at radius 3 is 2.48 bits per heavy atom. The summed E-state index contributed by atoms with van der Waals surface area (Å²) in [6.45, 7) is 7.24. The SMILES string of the molecule is COc1ccc2c(c1)C(CCN1CCC(c3ccccc3)CC1)C(C)N2C(C)=O. The molecule has 0 aliphatic carbocycles. The fraction of sp³-hybridized carbons (Fsp3) is 0.480. The van der Waals surface area contributed by atoms with Crippen molar-refractivity contribution >= 4 is 11.6 Å². The fourth-order valence-electron chi connectivity index (χ4n) is 5.23. The number of likely N-dealkylation sites (tertiary alicyclic amines) is 1. The lowest BCUT2D eigenvalue weighted by atomic mass is 9.88. The molecule has 154 valence electrons. The van der Waals surface area contributed by atoms with E-state index in [4.69, 9.17) is 4.74 Å². The summed E-state index contributed by atoms with van der Waals surface area (Å²) in [5, 5.41) is 0. The summed E-state index contributed by atoms with van der Waals surface area (Å²) in [6.07, 6.45) is 3.53. The molecule has 0 spiro atoms. The number of anilines is 1. The van der Waals surface area contributed by atoms with E-state index in [1.165, 1.54) is 24.0 Å². The minimum Gasteiger partial charge on any atom is -0.497 e. The maximum absolute atomic E-state index is 12.3. The zero-order chi connectivity index (χ0) is 20.4. The number of rotatable bonds is 5. The summed E-state index contributed by atoms with van der Waals surface area (Å²) in [5.74, 6) is 2.04. The van der Waals surface area contributed by atoms with Crippen molar-refractivity contribution in [1.82, 2.24) is 4.90 Å². The minimum atomic E-state index is 0.120. The first-order valence-corrected chi connectivity index (χ1v) is 10.8. The molecule has 2 heterocycles. The van der Waals surface area contributed by atoms with Crippen LogP contribution >= 0.6 is 0 Å². The Hall–Kier alpha value is -2.33. The van der Waals surface area contributed by atoms with E-state index >= 15 is 0 Å². The van der Waals surface area contributed by atoms with Gasteiger partial charge in [0.1, 0.15) is 5.75 Å². The first-order chi connectivity index (χ1) is 14.1. The van der Waals surface area contributed by atoms with Gasteiger partial charge in [-0.1, -0.05) is 30.3 Å². The highest BCUT2D eigenvalue weighted by atomic mass is 16.5. The molecule has 2 aromatic rings. The van der Waals surface area contributed by atoms with Gasteiger partial charge in [0.2, 0.25) is 5.91 Å². The summed E-state index contributed by atoms with van der Waals surface area (Å²) in [7, 11) is 1.70. The molecule has 2 aliphatic heterocycles. The molecule has 2 atom stereocenters. The van der Waals surface area contributed by atoms with Crippen molar-refractivity contribution in [3.63, 3.8) is 0 Å². The van der Waals surface area contributed by atoms with Crippen LogP contribution in [0.5, 0.6) is 5.75 Å². The molecule has 4 rings (SSSR count). The van der Waals surface area contributed by atoms with Gasteiger partial charge in [-0.25, -0.2) is 0 Å². The van der Waals surface area contributed by atoms with Crippen molar-refractivity contribution < 1.29 is 9.53 Å². The molecule has 0 radical (unpaired) electrons. The molecule has 29 heavy (non-hydrogen) atoms. The van der Waals surface area contributed by atoms with Crippen molar-refractivity contribution in [2.75, 3.05) is 31.6 Å². The molecule has 4 nitrogen and oxygen atoms in total. The first-order valence-electron chi connectivity index (χ1n) is 10.8. The Kier molecular flexibility index (Phi) is 5.91. The number of amides is 1. The third kappa shape index (κ3) is 4.04. The standard InChI is InChI=1S/C25H32N2O2/c1-18-23(24-17-22(29-3)9-10-25(24)27(18)19(2)28)13-16-26-14-11-21(12-15-26)20-7-5-4-6-8-20/h4-10,17-18,21,23H,11-16H2,1-3H3. The molecule has 0 aromatic heterocycles. The van der Waals surface area contributed by atoms with Crippen molar-refractivity contribution in [2.45, 2.75) is 51.0 Å². The molecule has 2 aliphatic rings. The Labute approximate surface area is 174 Å². The van der Waals surface area contributed by atoms with Crippen molar-refractivity contribution in [2.24, 2.45) is 0 Å². The summed E-state index contributed by atoms with van der Waals surface area (Å²) < 4.78 is 5.45. The van der Waals surface area contributed by atoms with Crippen LogP contribution in [0.1, 0.15) is 56.1 Å². The van der Waals surface area contributed by atoms with Crippen LogP contribution in [-0.2, 0) is 4.79 Å². The Morgan fingerprint density at radius 2 is 1.83 bits per heavy atom. The molecule has 4 heteroatoms. The van der Waals surface area contributed by atoms with Gasteiger partial charge in [-0.05, 0) is 81.1 Å². The van der Waals surface area contributed by atoms with Crippen LogP contribution in [0.4, 0.5) is 5.69 Å². The van der Waals surface area contributed by atoms with Crippen LogP contribution < -0.4 is 9.64 Å². The predicted octanol–water partition coefficient (Wildman–Crippen LogP) is 4.80. The third-order valence-corrected chi connectivity index (χ3v) is 6.84. The summed E-state index contributed by atoms with van der Waals surface area (Å²) in [5.41, 5.74) is 3.79. The van der Waals surface area contributed by atoms with Gasteiger partial charge in [0, 0.05) is 24.6 Å². The lowest BCUT2D eigenvalue weighted by Gasteiger charge is -2.33. The quantitative estimate of drug-likeness (QED) is 0.732. The summed E-state index contributed by atoms with van der Waals surface area (Å²) >= 11 is 0. The van der Waals surface area contributed by atoms with E-state index in [9.17, 15) is 4.79 Å². The number of nitrogens with zero attached hydrogens (tertiary/aromatic N) is 2. The van der Waals surface area contributed by atoms with Crippen LogP contribution in [0.3, 0.4) is 0 Å². The number of ether oxygens (including phenoxy) is 1. The molecule has 1 fully saturated rings. The smallest absolute Gasteiger partial charge is 0.224 e. The average molecular weight is 393 g/mol. The van der Waals surface area contributed by atoms with Crippen molar-refractivity contribution in [3.05, 3.63) is 59.7 Å². The molecule has 1 saturated heterocycles. The fourth-order valence-corrected chi connectivity index (χ4v) is 5.23. The topological polar surface area (TPSA) is 32.8 Å². The van der Waals surface area contributed by atoms with Crippen molar-refractivity contribution in [3.8, 4) is 5.75 Å². The largest absolute Gasteiger partial charge is 0.497 e. The number of fused-ring (bicyclic) bond motifs is 1. The number of methoxy groups -OCH3 is 1. The third-order valence-electron chi connectivity index (χ3n) is 6.84. The Balaban J connectivity index is 1.40. The predicted molar refractivity (Wildman–Crippen MR) is 118 cm³/mol. The second kappa shape index (κ2) is 8.58. The molecule has 1 amide bonds. The molecule has 2 unspecified atom stereocenters. The monoisotopic (exact) mass is 392 g/mol. The van der Waals surface area contributed by atoms with Crippen LogP contribution in [0.25, 0.3) is 0 Å². The zero-order valence-corrected chi connectivity index (χ0v) is 17.8. The number of hydrogen-bond acceptors (Lipinski definition) is 3. The summed E-state index contributed by atoms with van der Waals surface area (Å²) in [6, 6.07) is 17.2. The molecule has 0 saturated carbocycles. The number of hydrogen-bond donors (Lipinski definition) is 0. The van der Waals surface area contributed by atoms with E-state index in [1.807, 2.05) is 17.0 Å². The lowest BCUT2D eigenvalue weighted by molar-refractivity contribution is -0.116. The van der Waals surface area contributed by atoms with E-state index in [2.05, 4.69) is 48.2 Å². The van der Waals surface area contributed by atoms with Crippen LogP contribution in [0, 0.1) is 0 Å². The Morgan fingerprint density at radius 1 is 1.10 bits per heavy atom. The highest BCUT2D eigenvalue weighted by molar-refractivity contribution is 5.95. The van der Waals surface area contributed by atoms with Gasteiger partial charge >= 0.3 is 0 Å². The molecular weight excluding hydrogens is 360 g/mol. The normalized spacial score (nSPS) is 22.5. The van der Waals surface area contributed by atoms with Gasteiger partial charge in [-0.15, -0.1) is 0 Å². The molecule has 2 aromatic carbocycles.